The first-order chi connectivity index (χ1) is 20.3. The van der Waals surface area contributed by atoms with Crippen LogP contribution in [0.3, 0.4) is 0 Å². The van der Waals surface area contributed by atoms with Crippen LogP contribution in [0, 0.1) is 5.92 Å². The van der Waals surface area contributed by atoms with Crippen molar-refractivity contribution < 1.29 is 14.7 Å². The maximum Gasteiger partial charge on any atom is 0.329 e. The lowest BCUT2D eigenvalue weighted by atomic mass is 9.85. The van der Waals surface area contributed by atoms with E-state index in [0.29, 0.717) is 12.8 Å². The summed E-state index contributed by atoms with van der Waals surface area (Å²) in [6.07, 6.45) is 3.03. The standard InChI is InChI=1S/C37H34N2O3/c1-37(36(41)42,23-30-24-38-34-20-8-7-19-33(30)34)39(2)35(40)29(21-27-15-9-13-25-11-3-5-17-31(25)27)22-28-16-10-14-26-12-4-6-18-32(26)28/h3-20,24,29,38H,21-23H2,1-2H3,(H,41,42)/t37-/m1/s1. The van der Waals surface area contributed by atoms with Gasteiger partial charge < -0.3 is 15.0 Å². The summed E-state index contributed by atoms with van der Waals surface area (Å²) < 4.78 is 0. The number of H-pyrrole nitrogens is 1. The Kier molecular flexibility index (Phi) is 7.26. The first-order valence-corrected chi connectivity index (χ1v) is 14.3. The third kappa shape index (κ3) is 5.03. The highest BCUT2D eigenvalue weighted by molar-refractivity contribution is 5.92. The second kappa shape index (κ2) is 11.2. The topological polar surface area (TPSA) is 73.4 Å². The number of nitrogens with zero attached hydrogens (tertiary/aromatic N) is 1. The number of benzene rings is 5. The summed E-state index contributed by atoms with van der Waals surface area (Å²) in [4.78, 5) is 32.2. The molecule has 0 aliphatic carbocycles. The maximum absolute atomic E-state index is 14.5. The molecule has 0 fully saturated rings. The zero-order valence-corrected chi connectivity index (χ0v) is 23.9. The number of rotatable bonds is 9. The molecule has 0 unspecified atom stereocenters. The fourth-order valence-electron chi connectivity index (χ4n) is 6.22. The summed E-state index contributed by atoms with van der Waals surface area (Å²) in [5, 5.41) is 16.0. The van der Waals surface area contributed by atoms with Gasteiger partial charge in [-0.05, 0) is 64.1 Å². The van der Waals surface area contributed by atoms with Crippen LogP contribution in [0.25, 0.3) is 32.4 Å². The number of hydrogen-bond donors (Lipinski definition) is 2. The second-order valence-electron chi connectivity index (χ2n) is 11.4. The molecule has 0 saturated heterocycles. The highest BCUT2D eigenvalue weighted by Crippen LogP contribution is 2.31. The number of fused-ring (bicyclic) bond motifs is 3. The van der Waals surface area contributed by atoms with E-state index in [-0.39, 0.29) is 12.3 Å². The van der Waals surface area contributed by atoms with E-state index in [1.165, 1.54) is 4.90 Å². The van der Waals surface area contributed by atoms with Crippen LogP contribution in [0.4, 0.5) is 0 Å². The molecule has 0 aliphatic rings. The van der Waals surface area contributed by atoms with Crippen LogP contribution in [0.2, 0.25) is 0 Å². The summed E-state index contributed by atoms with van der Waals surface area (Å²) in [7, 11) is 1.64. The molecule has 2 N–H and O–H groups in total. The fraction of sp³-hybridized carbons (Fsp3) is 0.189. The van der Waals surface area contributed by atoms with Gasteiger partial charge >= 0.3 is 5.97 Å². The number of amides is 1. The quantitative estimate of drug-likeness (QED) is 0.195. The van der Waals surface area contributed by atoms with Gasteiger partial charge in [0.2, 0.25) is 5.91 Å². The molecule has 1 amide bonds. The van der Waals surface area contributed by atoms with Gasteiger partial charge in [-0.2, -0.15) is 0 Å². The van der Waals surface area contributed by atoms with Gasteiger partial charge in [0.05, 0.1) is 0 Å². The third-order valence-electron chi connectivity index (χ3n) is 8.78. The van der Waals surface area contributed by atoms with E-state index in [2.05, 4.69) is 53.5 Å². The van der Waals surface area contributed by atoms with E-state index >= 15 is 0 Å². The predicted octanol–water partition coefficient (Wildman–Crippen LogP) is 7.42. The van der Waals surface area contributed by atoms with Gasteiger partial charge in [0.25, 0.3) is 0 Å². The van der Waals surface area contributed by atoms with E-state index in [4.69, 9.17) is 0 Å². The molecular formula is C37H34N2O3. The second-order valence-corrected chi connectivity index (χ2v) is 11.4. The molecule has 6 rings (SSSR count). The summed E-state index contributed by atoms with van der Waals surface area (Å²) in [5.74, 6) is -1.67. The van der Waals surface area contributed by atoms with Crippen molar-refractivity contribution in [3.63, 3.8) is 0 Å². The third-order valence-corrected chi connectivity index (χ3v) is 8.78. The van der Waals surface area contributed by atoms with Crippen LogP contribution in [0.5, 0.6) is 0 Å². The largest absolute Gasteiger partial charge is 0.479 e. The molecule has 0 spiro atoms. The van der Waals surface area contributed by atoms with Gasteiger partial charge in [0, 0.05) is 36.5 Å². The molecular weight excluding hydrogens is 520 g/mol. The first-order valence-electron chi connectivity index (χ1n) is 14.3. The predicted molar refractivity (Wildman–Crippen MR) is 170 cm³/mol. The zero-order valence-electron chi connectivity index (χ0n) is 23.9. The lowest BCUT2D eigenvalue weighted by Gasteiger charge is -2.37. The van der Waals surface area contributed by atoms with Crippen molar-refractivity contribution in [2.75, 3.05) is 7.05 Å². The molecule has 0 saturated carbocycles. The SMILES string of the molecule is CN(C(=O)C(Cc1cccc2ccccc12)Cc1cccc2ccccc12)[C@](C)(Cc1c[nH]c2ccccc12)C(=O)O. The molecule has 6 aromatic rings. The van der Waals surface area contributed by atoms with Crippen LogP contribution < -0.4 is 0 Å². The molecule has 0 bridgehead atoms. The van der Waals surface area contributed by atoms with Crippen LogP contribution in [0.15, 0.2) is 115 Å². The molecule has 1 aromatic heterocycles. The number of nitrogens with one attached hydrogen (secondary N) is 1. The number of carbonyl (C=O) groups is 2. The van der Waals surface area contributed by atoms with Crippen LogP contribution in [0.1, 0.15) is 23.6 Å². The minimum absolute atomic E-state index is 0.180. The van der Waals surface area contributed by atoms with E-state index in [9.17, 15) is 14.7 Å². The monoisotopic (exact) mass is 554 g/mol. The Morgan fingerprint density at radius 2 is 1.21 bits per heavy atom. The summed E-state index contributed by atoms with van der Waals surface area (Å²) in [6.45, 7) is 1.65. The lowest BCUT2D eigenvalue weighted by Crippen LogP contribution is -2.56. The number of carbonyl (C=O) groups excluding carboxylic acids is 1. The molecule has 1 heterocycles. The molecule has 5 heteroatoms. The van der Waals surface area contributed by atoms with E-state index in [1.54, 1.807) is 14.0 Å². The Morgan fingerprint density at radius 3 is 1.79 bits per heavy atom. The summed E-state index contributed by atoms with van der Waals surface area (Å²) in [6, 6.07) is 36.6. The number of hydrogen-bond acceptors (Lipinski definition) is 2. The van der Waals surface area contributed by atoms with Crippen molar-refractivity contribution in [3.05, 3.63) is 132 Å². The lowest BCUT2D eigenvalue weighted by molar-refractivity contribution is -0.158. The Morgan fingerprint density at radius 1 is 0.714 bits per heavy atom. The van der Waals surface area contributed by atoms with Crippen LogP contribution >= 0.6 is 0 Å². The Bertz CT molecular complexity index is 1830. The Labute approximate surface area is 245 Å². The van der Waals surface area contributed by atoms with Crippen molar-refractivity contribution in [1.82, 2.24) is 9.88 Å². The van der Waals surface area contributed by atoms with Gasteiger partial charge in [0.1, 0.15) is 5.54 Å². The maximum atomic E-state index is 14.5. The number of aliphatic carboxylic acids is 1. The molecule has 5 nitrogen and oxygen atoms in total. The van der Waals surface area contributed by atoms with Crippen molar-refractivity contribution >= 4 is 44.3 Å². The number of carboxylic acid groups (broad SMARTS) is 1. The van der Waals surface area contributed by atoms with Gasteiger partial charge in [-0.1, -0.05) is 103 Å². The molecule has 210 valence electrons. The normalized spacial score (nSPS) is 13.0. The van der Waals surface area contributed by atoms with Gasteiger partial charge in [-0.15, -0.1) is 0 Å². The van der Waals surface area contributed by atoms with Crippen molar-refractivity contribution in [2.24, 2.45) is 5.92 Å². The minimum atomic E-state index is -1.45. The Hall–Kier alpha value is -4.90. The van der Waals surface area contributed by atoms with E-state index < -0.39 is 17.4 Å². The van der Waals surface area contributed by atoms with Gasteiger partial charge in [-0.25, -0.2) is 4.79 Å². The van der Waals surface area contributed by atoms with Gasteiger partial charge in [0.15, 0.2) is 0 Å². The van der Waals surface area contributed by atoms with Crippen LogP contribution in [-0.2, 0) is 28.9 Å². The smallest absolute Gasteiger partial charge is 0.329 e. The molecule has 1 atom stereocenters. The van der Waals surface area contributed by atoms with Crippen molar-refractivity contribution in [3.8, 4) is 0 Å². The van der Waals surface area contributed by atoms with Crippen molar-refractivity contribution in [2.45, 2.75) is 31.7 Å². The number of likely N-dealkylation sites (N-methyl/N-ethyl adjacent to an activating group) is 1. The number of aromatic amines is 1. The average molecular weight is 555 g/mol. The number of carboxylic acids is 1. The fourth-order valence-corrected chi connectivity index (χ4v) is 6.22. The molecule has 5 aromatic carbocycles. The van der Waals surface area contributed by atoms with Crippen LogP contribution in [-0.4, -0.2) is 39.5 Å². The highest BCUT2D eigenvalue weighted by Gasteiger charge is 2.42. The van der Waals surface area contributed by atoms with Crippen molar-refractivity contribution in [1.29, 1.82) is 0 Å². The molecule has 0 radical (unpaired) electrons. The number of para-hydroxylation sites is 1. The molecule has 42 heavy (non-hydrogen) atoms. The minimum Gasteiger partial charge on any atom is -0.479 e. The summed E-state index contributed by atoms with van der Waals surface area (Å²) in [5.41, 5.74) is 2.52. The Balaban J connectivity index is 1.39. The van der Waals surface area contributed by atoms with E-state index in [1.807, 2.05) is 66.9 Å². The average Bonchev–Trinajstić information content (AvgIpc) is 3.42. The molecule has 0 aliphatic heterocycles. The van der Waals surface area contributed by atoms with Gasteiger partial charge in [-0.3, -0.25) is 4.79 Å². The number of aromatic nitrogens is 1. The highest BCUT2D eigenvalue weighted by atomic mass is 16.4. The van der Waals surface area contributed by atoms with E-state index in [0.717, 1.165) is 49.1 Å². The summed E-state index contributed by atoms with van der Waals surface area (Å²) >= 11 is 0. The zero-order chi connectivity index (χ0) is 29.3. The first kappa shape index (κ1) is 27.3.